The molecular formula is C32H33N3O5. The Hall–Kier alpha value is -4.77. The molecule has 3 aromatic carbocycles. The van der Waals surface area contributed by atoms with E-state index in [1.165, 1.54) is 7.11 Å². The summed E-state index contributed by atoms with van der Waals surface area (Å²) >= 11 is 0. The number of hydrogen-bond donors (Lipinski definition) is 1. The van der Waals surface area contributed by atoms with Crippen LogP contribution in [0.3, 0.4) is 0 Å². The Balaban J connectivity index is 1.48. The van der Waals surface area contributed by atoms with Crippen molar-refractivity contribution < 1.29 is 23.8 Å². The molecule has 8 heteroatoms. The average Bonchev–Trinajstić information content (AvgIpc) is 3.35. The summed E-state index contributed by atoms with van der Waals surface area (Å²) in [6.07, 6.45) is 2.13. The number of nitrogens with one attached hydrogen (secondary N) is 1. The maximum absolute atomic E-state index is 13.1. The van der Waals surface area contributed by atoms with Crippen molar-refractivity contribution in [1.82, 2.24) is 9.88 Å². The third-order valence-electron chi connectivity index (χ3n) is 6.25. The molecule has 0 radical (unpaired) electrons. The third kappa shape index (κ3) is 7.41. The van der Waals surface area contributed by atoms with Crippen LogP contribution in [0.5, 0.6) is 5.75 Å². The Morgan fingerprint density at radius 3 is 2.48 bits per heavy atom. The number of amides is 1. The summed E-state index contributed by atoms with van der Waals surface area (Å²) in [6.45, 7) is 6.62. The fourth-order valence-electron chi connectivity index (χ4n) is 4.25. The van der Waals surface area contributed by atoms with Gasteiger partial charge in [-0.2, -0.15) is 5.26 Å². The molecule has 1 aromatic heterocycles. The van der Waals surface area contributed by atoms with Crippen LogP contribution in [0, 0.1) is 11.3 Å². The first-order chi connectivity index (χ1) is 19.1. The zero-order valence-electron chi connectivity index (χ0n) is 23.2. The van der Waals surface area contributed by atoms with Gasteiger partial charge < -0.3 is 24.1 Å². The van der Waals surface area contributed by atoms with Crippen LogP contribution < -0.4 is 4.74 Å². The molecule has 0 unspecified atom stereocenters. The van der Waals surface area contributed by atoms with E-state index in [1.807, 2.05) is 75.5 Å². The van der Waals surface area contributed by atoms with E-state index < -0.39 is 17.7 Å². The van der Waals surface area contributed by atoms with Crippen molar-refractivity contribution in [1.29, 1.82) is 5.26 Å². The topological polar surface area (TPSA) is 105 Å². The number of fused-ring (bicyclic) bond motifs is 1. The van der Waals surface area contributed by atoms with Crippen molar-refractivity contribution in [3.05, 3.63) is 101 Å². The number of methoxy groups -OCH3 is 1. The summed E-state index contributed by atoms with van der Waals surface area (Å²) < 4.78 is 16.5. The SMILES string of the molecule is COC(=O)c1ccc(CN(CCc2c[nH]c3ccc(OCc4cccc(C#N)c4)cc23)C(=O)OC(C)(C)C)cc1. The number of H-pyrrole nitrogens is 1. The Bertz CT molecular complexity index is 1530. The predicted octanol–water partition coefficient (Wildman–Crippen LogP) is 6.38. The summed E-state index contributed by atoms with van der Waals surface area (Å²) in [5.41, 5.74) is 4.21. The van der Waals surface area contributed by atoms with Crippen LogP contribution in [-0.2, 0) is 29.0 Å². The number of nitrogens with zero attached hydrogens (tertiary/aromatic N) is 2. The van der Waals surface area contributed by atoms with Gasteiger partial charge in [-0.15, -0.1) is 0 Å². The summed E-state index contributed by atoms with van der Waals surface area (Å²) in [6, 6.07) is 22.3. The number of benzene rings is 3. The van der Waals surface area contributed by atoms with Gasteiger partial charge in [-0.05, 0) is 86.3 Å². The molecule has 0 spiro atoms. The number of ether oxygens (including phenoxy) is 3. The van der Waals surface area contributed by atoms with Crippen molar-refractivity contribution in [2.24, 2.45) is 0 Å². The lowest BCUT2D eigenvalue weighted by molar-refractivity contribution is 0.0235. The molecule has 0 aliphatic carbocycles. The fourth-order valence-corrected chi connectivity index (χ4v) is 4.25. The van der Waals surface area contributed by atoms with E-state index in [1.54, 1.807) is 23.1 Å². The molecule has 0 saturated carbocycles. The molecular weight excluding hydrogens is 506 g/mol. The number of nitriles is 1. The standard InChI is InChI=1S/C32H33N3O5/c1-32(2,3)40-31(37)35(20-22-8-10-25(11-9-22)30(36)38-4)15-14-26-19-34-29-13-12-27(17-28(26)29)39-21-24-7-5-6-23(16-24)18-33/h5-13,16-17,19,34H,14-15,20-21H2,1-4H3. The van der Waals surface area contributed by atoms with Crippen LogP contribution in [0.25, 0.3) is 10.9 Å². The normalized spacial score (nSPS) is 11.1. The first-order valence-corrected chi connectivity index (χ1v) is 13.0. The lowest BCUT2D eigenvalue weighted by Gasteiger charge is -2.27. The van der Waals surface area contributed by atoms with Gasteiger partial charge in [0.1, 0.15) is 18.0 Å². The van der Waals surface area contributed by atoms with Gasteiger partial charge >= 0.3 is 12.1 Å². The molecule has 1 amide bonds. The van der Waals surface area contributed by atoms with Crippen LogP contribution in [0.2, 0.25) is 0 Å². The minimum absolute atomic E-state index is 0.328. The second-order valence-corrected chi connectivity index (χ2v) is 10.5. The molecule has 4 rings (SSSR count). The fraction of sp³-hybridized carbons (Fsp3) is 0.281. The quantitative estimate of drug-likeness (QED) is 0.247. The van der Waals surface area contributed by atoms with Gasteiger partial charge in [-0.3, -0.25) is 0 Å². The van der Waals surface area contributed by atoms with E-state index in [9.17, 15) is 9.59 Å². The van der Waals surface area contributed by atoms with Crippen molar-refractivity contribution in [2.75, 3.05) is 13.7 Å². The van der Waals surface area contributed by atoms with E-state index in [2.05, 4.69) is 11.1 Å². The Kier molecular flexibility index (Phi) is 8.75. The Morgan fingerprint density at radius 2 is 1.77 bits per heavy atom. The number of carbonyl (C=O) groups excluding carboxylic acids is 2. The molecule has 0 atom stereocenters. The predicted molar refractivity (Wildman–Crippen MR) is 152 cm³/mol. The monoisotopic (exact) mass is 539 g/mol. The molecule has 0 aliphatic rings. The minimum Gasteiger partial charge on any atom is -0.489 e. The van der Waals surface area contributed by atoms with E-state index in [-0.39, 0.29) is 0 Å². The van der Waals surface area contributed by atoms with Crippen LogP contribution >= 0.6 is 0 Å². The Labute approximate surface area is 234 Å². The zero-order chi connectivity index (χ0) is 28.7. The zero-order valence-corrected chi connectivity index (χ0v) is 23.2. The summed E-state index contributed by atoms with van der Waals surface area (Å²) in [4.78, 5) is 29.9. The van der Waals surface area contributed by atoms with Crippen molar-refractivity contribution in [2.45, 2.75) is 45.9 Å². The third-order valence-corrected chi connectivity index (χ3v) is 6.25. The number of aromatic amines is 1. The molecule has 1 heterocycles. The minimum atomic E-state index is -0.635. The second kappa shape index (κ2) is 12.4. The largest absolute Gasteiger partial charge is 0.489 e. The number of esters is 1. The molecule has 206 valence electrons. The van der Waals surface area contributed by atoms with Crippen molar-refractivity contribution in [3.63, 3.8) is 0 Å². The molecule has 0 fully saturated rings. The first-order valence-electron chi connectivity index (χ1n) is 13.0. The molecule has 0 bridgehead atoms. The first kappa shape index (κ1) is 28.2. The summed E-state index contributed by atoms with van der Waals surface area (Å²) in [7, 11) is 1.34. The van der Waals surface area contributed by atoms with Gasteiger partial charge in [0.2, 0.25) is 0 Å². The van der Waals surface area contributed by atoms with Crippen LogP contribution in [0.1, 0.15) is 53.4 Å². The lowest BCUT2D eigenvalue weighted by atomic mass is 10.1. The molecule has 40 heavy (non-hydrogen) atoms. The van der Waals surface area contributed by atoms with E-state index in [0.717, 1.165) is 27.6 Å². The maximum atomic E-state index is 13.1. The van der Waals surface area contributed by atoms with Gasteiger partial charge in [0.15, 0.2) is 0 Å². The molecule has 8 nitrogen and oxygen atoms in total. The van der Waals surface area contributed by atoms with Gasteiger partial charge in [0.25, 0.3) is 0 Å². The Morgan fingerprint density at radius 1 is 1.00 bits per heavy atom. The highest BCUT2D eigenvalue weighted by molar-refractivity contribution is 5.89. The molecule has 1 N–H and O–H groups in total. The summed E-state index contributed by atoms with van der Waals surface area (Å²) in [5.74, 6) is 0.305. The van der Waals surface area contributed by atoms with E-state index in [0.29, 0.717) is 43.0 Å². The number of rotatable bonds is 9. The smallest absolute Gasteiger partial charge is 0.410 e. The molecule has 0 aliphatic heterocycles. The highest BCUT2D eigenvalue weighted by Gasteiger charge is 2.23. The van der Waals surface area contributed by atoms with E-state index in [4.69, 9.17) is 19.5 Å². The van der Waals surface area contributed by atoms with Crippen LogP contribution in [0.4, 0.5) is 4.79 Å². The second-order valence-electron chi connectivity index (χ2n) is 10.5. The van der Waals surface area contributed by atoms with Gasteiger partial charge in [0, 0.05) is 30.2 Å². The maximum Gasteiger partial charge on any atom is 0.410 e. The lowest BCUT2D eigenvalue weighted by Crippen LogP contribution is -2.37. The van der Waals surface area contributed by atoms with Crippen molar-refractivity contribution in [3.8, 4) is 11.8 Å². The van der Waals surface area contributed by atoms with Crippen LogP contribution in [-0.4, -0.2) is 41.2 Å². The average molecular weight is 540 g/mol. The van der Waals surface area contributed by atoms with Gasteiger partial charge in [0.05, 0.1) is 24.3 Å². The molecule has 4 aromatic rings. The van der Waals surface area contributed by atoms with Gasteiger partial charge in [-0.25, -0.2) is 9.59 Å². The van der Waals surface area contributed by atoms with E-state index >= 15 is 0 Å². The number of carbonyl (C=O) groups is 2. The number of hydrogen-bond acceptors (Lipinski definition) is 6. The number of aromatic nitrogens is 1. The highest BCUT2D eigenvalue weighted by atomic mass is 16.6. The molecule has 0 saturated heterocycles. The van der Waals surface area contributed by atoms with Crippen molar-refractivity contribution >= 4 is 23.0 Å². The van der Waals surface area contributed by atoms with Crippen LogP contribution in [0.15, 0.2) is 72.9 Å². The van der Waals surface area contributed by atoms with Gasteiger partial charge in [-0.1, -0.05) is 24.3 Å². The highest BCUT2D eigenvalue weighted by Crippen LogP contribution is 2.26. The summed E-state index contributed by atoms with van der Waals surface area (Å²) in [5, 5.41) is 10.1.